The van der Waals surface area contributed by atoms with Crippen LogP contribution in [0.25, 0.3) is 6.08 Å². The molecule has 144 valence electrons. The van der Waals surface area contributed by atoms with E-state index in [1.807, 2.05) is 61.5 Å². The van der Waals surface area contributed by atoms with E-state index < -0.39 is 0 Å². The molecule has 0 atom stereocenters. The van der Waals surface area contributed by atoms with Crippen LogP contribution in [-0.2, 0) is 4.79 Å². The number of carbonyl (C=O) groups excluding carboxylic acids is 2. The zero-order valence-corrected chi connectivity index (χ0v) is 17.7. The lowest BCUT2D eigenvalue weighted by atomic mass is 10.0. The van der Waals surface area contributed by atoms with E-state index in [0.29, 0.717) is 11.1 Å². The fourth-order valence-electron chi connectivity index (χ4n) is 2.75. The standard InChI is InChI=1S/C23H23NO2S2/c1-24(2)19-12-9-17(10-13-19)11-14-20(25)21(23-27-15-6-16-28-23)22(26)18-7-4-3-5-8-18/h3-5,7-14H,6,15-16H2,1-2H3/b14-11+. The van der Waals surface area contributed by atoms with Crippen molar-refractivity contribution in [3.05, 3.63) is 81.6 Å². The number of carbonyl (C=O) groups is 2. The number of Topliss-reactive ketones (excluding diaryl/α,β-unsaturated/α-hetero) is 1. The summed E-state index contributed by atoms with van der Waals surface area (Å²) in [6, 6.07) is 17.0. The Morgan fingerprint density at radius 3 is 2.18 bits per heavy atom. The van der Waals surface area contributed by atoms with E-state index in [2.05, 4.69) is 0 Å². The fraction of sp³-hybridized carbons (Fsp3) is 0.217. The number of allylic oxidation sites excluding steroid dienone is 2. The van der Waals surface area contributed by atoms with Gasteiger partial charge in [-0.15, -0.1) is 23.5 Å². The highest BCUT2D eigenvalue weighted by Gasteiger charge is 2.24. The van der Waals surface area contributed by atoms with Gasteiger partial charge in [-0.1, -0.05) is 48.5 Å². The number of thioether (sulfide) groups is 2. The number of rotatable bonds is 6. The molecule has 0 aliphatic carbocycles. The van der Waals surface area contributed by atoms with Gasteiger partial charge in [-0.05, 0) is 41.7 Å². The first kappa shape index (κ1) is 20.5. The Bertz CT molecular complexity index is 892. The number of anilines is 1. The van der Waals surface area contributed by atoms with Crippen molar-refractivity contribution in [2.45, 2.75) is 6.42 Å². The number of nitrogens with zero attached hydrogens (tertiary/aromatic N) is 1. The Kier molecular flexibility index (Phi) is 7.18. The number of ketones is 2. The van der Waals surface area contributed by atoms with Crippen molar-refractivity contribution in [3.63, 3.8) is 0 Å². The lowest BCUT2D eigenvalue weighted by Crippen LogP contribution is -2.14. The fourth-order valence-corrected chi connectivity index (χ4v) is 5.39. The first-order valence-corrected chi connectivity index (χ1v) is 11.1. The van der Waals surface area contributed by atoms with Crippen LogP contribution in [0.1, 0.15) is 22.3 Å². The Morgan fingerprint density at radius 2 is 1.57 bits per heavy atom. The van der Waals surface area contributed by atoms with Crippen LogP contribution in [0.15, 0.2) is 70.5 Å². The Hall–Kier alpha value is -2.24. The second kappa shape index (κ2) is 9.80. The molecule has 0 N–H and O–H groups in total. The Balaban J connectivity index is 1.87. The van der Waals surface area contributed by atoms with E-state index in [0.717, 1.165) is 33.4 Å². The van der Waals surface area contributed by atoms with Crippen LogP contribution in [0, 0.1) is 0 Å². The van der Waals surface area contributed by atoms with E-state index >= 15 is 0 Å². The third-order valence-electron chi connectivity index (χ3n) is 4.31. The van der Waals surface area contributed by atoms with E-state index in [1.54, 1.807) is 41.7 Å². The van der Waals surface area contributed by atoms with Crippen LogP contribution < -0.4 is 4.90 Å². The molecular formula is C23H23NO2S2. The van der Waals surface area contributed by atoms with Crippen LogP contribution in [0.5, 0.6) is 0 Å². The molecule has 1 aliphatic heterocycles. The summed E-state index contributed by atoms with van der Waals surface area (Å²) < 4.78 is 0.845. The minimum absolute atomic E-state index is 0.199. The molecule has 1 saturated heterocycles. The van der Waals surface area contributed by atoms with Gasteiger partial charge < -0.3 is 4.90 Å². The van der Waals surface area contributed by atoms with Crippen molar-refractivity contribution in [3.8, 4) is 0 Å². The highest BCUT2D eigenvalue weighted by atomic mass is 32.2. The average molecular weight is 410 g/mol. The number of hydrogen-bond donors (Lipinski definition) is 0. The van der Waals surface area contributed by atoms with Gasteiger partial charge in [0.2, 0.25) is 0 Å². The van der Waals surface area contributed by atoms with Gasteiger partial charge in [0.25, 0.3) is 0 Å². The third kappa shape index (κ3) is 5.18. The van der Waals surface area contributed by atoms with Crippen molar-refractivity contribution < 1.29 is 9.59 Å². The maximum atomic E-state index is 13.1. The third-order valence-corrected chi connectivity index (χ3v) is 6.93. The van der Waals surface area contributed by atoms with Gasteiger partial charge in [0.05, 0.1) is 9.81 Å². The molecule has 2 aromatic carbocycles. The first-order chi connectivity index (χ1) is 13.6. The molecule has 0 bridgehead atoms. The quantitative estimate of drug-likeness (QED) is 0.280. The largest absolute Gasteiger partial charge is 0.378 e. The van der Waals surface area contributed by atoms with Gasteiger partial charge in [-0.25, -0.2) is 0 Å². The molecular weight excluding hydrogens is 386 g/mol. The summed E-state index contributed by atoms with van der Waals surface area (Å²) in [6.07, 6.45) is 4.39. The van der Waals surface area contributed by atoms with Crippen molar-refractivity contribution in [2.24, 2.45) is 0 Å². The van der Waals surface area contributed by atoms with Crippen LogP contribution in [0.3, 0.4) is 0 Å². The zero-order valence-electron chi connectivity index (χ0n) is 16.1. The molecule has 0 radical (unpaired) electrons. The SMILES string of the molecule is CN(C)c1ccc(/C=C/C(=O)C(C(=O)c2ccccc2)=C2SCCCS2)cc1. The lowest BCUT2D eigenvalue weighted by Gasteiger charge is -2.16. The molecule has 0 unspecified atom stereocenters. The first-order valence-electron chi connectivity index (χ1n) is 9.15. The van der Waals surface area contributed by atoms with Gasteiger partial charge in [-0.2, -0.15) is 0 Å². The Labute approximate surface area is 174 Å². The Morgan fingerprint density at radius 1 is 0.929 bits per heavy atom. The lowest BCUT2D eigenvalue weighted by molar-refractivity contribution is -0.111. The van der Waals surface area contributed by atoms with Crippen molar-refractivity contribution in [1.82, 2.24) is 0 Å². The molecule has 5 heteroatoms. The summed E-state index contributed by atoms with van der Waals surface area (Å²) in [4.78, 5) is 28.1. The zero-order chi connectivity index (χ0) is 19.9. The van der Waals surface area contributed by atoms with Crippen LogP contribution in [0.2, 0.25) is 0 Å². The van der Waals surface area contributed by atoms with E-state index in [4.69, 9.17) is 0 Å². The molecule has 2 aromatic rings. The summed E-state index contributed by atoms with van der Waals surface area (Å²) in [5.41, 5.74) is 2.87. The van der Waals surface area contributed by atoms with Gasteiger partial charge in [-0.3, -0.25) is 9.59 Å². The molecule has 1 aliphatic rings. The topological polar surface area (TPSA) is 37.4 Å². The summed E-state index contributed by atoms with van der Waals surface area (Å²) in [5, 5.41) is 0. The molecule has 1 heterocycles. The van der Waals surface area contributed by atoms with Gasteiger partial charge in [0, 0.05) is 25.3 Å². The highest BCUT2D eigenvalue weighted by Crippen LogP contribution is 2.38. The summed E-state index contributed by atoms with van der Waals surface area (Å²) in [5.74, 6) is 1.45. The highest BCUT2D eigenvalue weighted by molar-refractivity contribution is 8.22. The molecule has 0 aromatic heterocycles. The predicted molar refractivity (Wildman–Crippen MR) is 122 cm³/mol. The molecule has 28 heavy (non-hydrogen) atoms. The molecule has 0 saturated carbocycles. The van der Waals surface area contributed by atoms with Gasteiger partial charge in [0.1, 0.15) is 0 Å². The van der Waals surface area contributed by atoms with Crippen molar-refractivity contribution in [2.75, 3.05) is 30.5 Å². The average Bonchev–Trinajstić information content (AvgIpc) is 2.74. The summed E-state index contributed by atoms with van der Waals surface area (Å²) >= 11 is 3.22. The van der Waals surface area contributed by atoms with E-state index in [1.165, 1.54) is 6.08 Å². The molecule has 1 fully saturated rings. The number of benzene rings is 2. The second-order valence-corrected chi connectivity index (χ2v) is 9.06. The monoisotopic (exact) mass is 409 g/mol. The van der Waals surface area contributed by atoms with Gasteiger partial charge >= 0.3 is 0 Å². The maximum Gasteiger partial charge on any atom is 0.198 e. The second-order valence-electron chi connectivity index (χ2n) is 6.59. The van der Waals surface area contributed by atoms with Crippen molar-refractivity contribution in [1.29, 1.82) is 0 Å². The molecule has 3 rings (SSSR count). The minimum Gasteiger partial charge on any atom is -0.378 e. The molecule has 0 spiro atoms. The van der Waals surface area contributed by atoms with Crippen LogP contribution >= 0.6 is 23.5 Å². The van der Waals surface area contributed by atoms with Crippen LogP contribution in [-0.4, -0.2) is 37.2 Å². The number of hydrogen-bond acceptors (Lipinski definition) is 5. The smallest absolute Gasteiger partial charge is 0.198 e. The summed E-state index contributed by atoms with van der Waals surface area (Å²) in [7, 11) is 3.98. The van der Waals surface area contributed by atoms with E-state index in [9.17, 15) is 9.59 Å². The maximum absolute atomic E-state index is 13.1. The summed E-state index contributed by atoms with van der Waals surface area (Å²) in [6.45, 7) is 0. The minimum atomic E-state index is -0.234. The van der Waals surface area contributed by atoms with Crippen LogP contribution in [0.4, 0.5) is 5.69 Å². The molecule has 0 amide bonds. The van der Waals surface area contributed by atoms with E-state index in [-0.39, 0.29) is 11.6 Å². The normalized spacial score (nSPS) is 14.1. The van der Waals surface area contributed by atoms with Gasteiger partial charge in [0.15, 0.2) is 11.6 Å². The molecule has 3 nitrogen and oxygen atoms in total. The van der Waals surface area contributed by atoms with Crippen molar-refractivity contribution >= 4 is 46.9 Å². The predicted octanol–water partition coefficient (Wildman–Crippen LogP) is 5.30.